The van der Waals surface area contributed by atoms with Gasteiger partial charge in [-0.2, -0.15) is 0 Å². The molecule has 2 aliphatic rings. The number of fused-ring (bicyclic) bond motifs is 1. The fourth-order valence-corrected chi connectivity index (χ4v) is 2.93. The van der Waals surface area contributed by atoms with E-state index in [-0.39, 0.29) is 5.91 Å². The minimum Gasteiger partial charge on any atom is -0.440 e. The van der Waals surface area contributed by atoms with Gasteiger partial charge in [0.1, 0.15) is 11.6 Å². The third-order valence-electron chi connectivity index (χ3n) is 4.07. The van der Waals surface area contributed by atoms with E-state index in [0.29, 0.717) is 23.9 Å². The van der Waals surface area contributed by atoms with Crippen LogP contribution in [0.3, 0.4) is 0 Å². The van der Waals surface area contributed by atoms with Gasteiger partial charge in [0.25, 0.3) is 0 Å². The van der Waals surface area contributed by atoms with Crippen molar-refractivity contribution in [2.24, 2.45) is 4.99 Å². The molecule has 4 rings (SSSR count). The van der Waals surface area contributed by atoms with Gasteiger partial charge in [0, 0.05) is 31.3 Å². The van der Waals surface area contributed by atoms with E-state index in [2.05, 4.69) is 16.4 Å². The van der Waals surface area contributed by atoms with Crippen molar-refractivity contribution in [3.05, 3.63) is 83.6 Å². The Morgan fingerprint density at radius 3 is 2.68 bits per heavy atom. The second kappa shape index (κ2) is 6.28. The van der Waals surface area contributed by atoms with Gasteiger partial charge in [0.2, 0.25) is 11.8 Å². The monoisotopic (exact) mass is 331 g/mol. The summed E-state index contributed by atoms with van der Waals surface area (Å²) in [6.45, 7) is 1.51. The largest absolute Gasteiger partial charge is 0.440 e. The summed E-state index contributed by atoms with van der Waals surface area (Å²) in [4.78, 5) is 18.4. The van der Waals surface area contributed by atoms with E-state index in [1.807, 2.05) is 48.5 Å². The average Bonchev–Trinajstić information content (AvgIpc) is 2.79. The summed E-state index contributed by atoms with van der Waals surface area (Å²) in [5.41, 5.74) is 2.93. The molecule has 2 heterocycles. The van der Waals surface area contributed by atoms with Gasteiger partial charge in [-0.1, -0.05) is 36.4 Å². The van der Waals surface area contributed by atoms with Crippen molar-refractivity contribution in [3.63, 3.8) is 0 Å². The molecular formula is C20H17N3O2. The molecule has 1 N–H and O–H groups in total. The van der Waals surface area contributed by atoms with Crippen LogP contribution < -0.4 is 10.1 Å². The van der Waals surface area contributed by atoms with Crippen LogP contribution in [-0.4, -0.2) is 17.0 Å². The standard InChI is InChI=1S/C20H17N3O2/c1-14(24)23-19(25-16-8-3-2-4-9-16)11-12-21-18-13-15-7-5-6-10-17(15)22-20(18)23/h2-12,22H,13H2,1H3. The molecule has 0 aromatic heterocycles. The van der Waals surface area contributed by atoms with Crippen molar-refractivity contribution in [1.82, 2.24) is 4.90 Å². The van der Waals surface area contributed by atoms with E-state index in [1.165, 1.54) is 11.8 Å². The van der Waals surface area contributed by atoms with Gasteiger partial charge in [0.15, 0.2) is 0 Å². The highest BCUT2D eigenvalue weighted by atomic mass is 16.5. The van der Waals surface area contributed by atoms with Gasteiger partial charge in [-0.25, -0.2) is 4.90 Å². The number of hydrogen-bond donors (Lipinski definition) is 1. The fourth-order valence-electron chi connectivity index (χ4n) is 2.93. The number of hydrogen-bond acceptors (Lipinski definition) is 4. The van der Waals surface area contributed by atoms with Crippen molar-refractivity contribution in [1.29, 1.82) is 0 Å². The van der Waals surface area contributed by atoms with Crippen LogP contribution in [0.4, 0.5) is 5.69 Å². The van der Waals surface area contributed by atoms with E-state index in [1.54, 1.807) is 12.3 Å². The third-order valence-corrected chi connectivity index (χ3v) is 4.07. The van der Waals surface area contributed by atoms with Crippen molar-refractivity contribution >= 4 is 17.8 Å². The molecule has 0 saturated carbocycles. The van der Waals surface area contributed by atoms with Crippen molar-refractivity contribution in [2.75, 3.05) is 5.32 Å². The number of nitrogens with one attached hydrogen (secondary N) is 1. The Hall–Kier alpha value is -3.34. The number of anilines is 1. The van der Waals surface area contributed by atoms with Gasteiger partial charge < -0.3 is 10.1 Å². The summed E-state index contributed by atoms with van der Waals surface area (Å²) in [6.07, 6.45) is 4.04. The van der Waals surface area contributed by atoms with Gasteiger partial charge >= 0.3 is 0 Å². The first-order valence-electron chi connectivity index (χ1n) is 8.08. The molecule has 0 fully saturated rings. The first kappa shape index (κ1) is 15.2. The lowest BCUT2D eigenvalue weighted by atomic mass is 10.0. The number of nitrogens with zero attached hydrogens (tertiary/aromatic N) is 2. The smallest absolute Gasteiger partial charge is 0.231 e. The molecule has 0 atom stereocenters. The molecule has 5 heteroatoms. The van der Waals surface area contributed by atoms with Gasteiger partial charge in [0.05, 0.1) is 5.70 Å². The number of carbonyl (C=O) groups is 1. The first-order chi connectivity index (χ1) is 12.2. The number of rotatable bonds is 2. The molecule has 0 bridgehead atoms. The highest BCUT2D eigenvalue weighted by molar-refractivity contribution is 5.83. The third kappa shape index (κ3) is 2.92. The van der Waals surface area contributed by atoms with Crippen LogP contribution in [-0.2, 0) is 11.2 Å². The number of amides is 1. The van der Waals surface area contributed by atoms with Crippen LogP contribution in [0.2, 0.25) is 0 Å². The Labute approximate surface area is 145 Å². The van der Waals surface area contributed by atoms with Gasteiger partial charge in [-0.15, -0.1) is 0 Å². The Morgan fingerprint density at radius 1 is 1.12 bits per heavy atom. The zero-order valence-corrected chi connectivity index (χ0v) is 13.8. The van der Waals surface area contributed by atoms with E-state index in [0.717, 1.165) is 16.9 Å². The topological polar surface area (TPSA) is 53.9 Å². The number of allylic oxidation sites excluding steroid dienone is 2. The lowest BCUT2D eigenvalue weighted by Gasteiger charge is -2.30. The number of ether oxygens (including phenoxy) is 1. The van der Waals surface area contributed by atoms with Crippen LogP contribution >= 0.6 is 0 Å². The molecule has 2 aromatic carbocycles. The van der Waals surface area contributed by atoms with Gasteiger partial charge in [-0.05, 0) is 23.8 Å². The minimum atomic E-state index is -0.146. The van der Waals surface area contributed by atoms with E-state index < -0.39 is 0 Å². The quantitative estimate of drug-likeness (QED) is 0.913. The van der Waals surface area contributed by atoms with E-state index in [4.69, 9.17) is 4.74 Å². The molecule has 2 aromatic rings. The fraction of sp³-hybridized carbons (Fsp3) is 0.100. The normalized spacial score (nSPS) is 15.6. The maximum absolute atomic E-state index is 12.4. The Morgan fingerprint density at radius 2 is 1.88 bits per heavy atom. The lowest BCUT2D eigenvalue weighted by molar-refractivity contribution is -0.126. The van der Waals surface area contributed by atoms with Crippen LogP contribution in [0.25, 0.3) is 0 Å². The second-order valence-corrected chi connectivity index (χ2v) is 5.81. The first-order valence-corrected chi connectivity index (χ1v) is 8.08. The maximum Gasteiger partial charge on any atom is 0.231 e. The summed E-state index contributed by atoms with van der Waals surface area (Å²) < 4.78 is 5.95. The highest BCUT2D eigenvalue weighted by Gasteiger charge is 2.29. The van der Waals surface area contributed by atoms with Crippen molar-refractivity contribution < 1.29 is 9.53 Å². The minimum absolute atomic E-state index is 0.146. The number of benzene rings is 2. The zero-order valence-electron chi connectivity index (χ0n) is 13.8. The maximum atomic E-state index is 12.4. The molecule has 1 amide bonds. The molecule has 0 unspecified atom stereocenters. The molecule has 124 valence electrons. The number of para-hydroxylation sites is 2. The summed E-state index contributed by atoms with van der Waals surface area (Å²) in [7, 11) is 0. The number of carbonyl (C=O) groups excluding carboxylic acids is 1. The molecule has 5 nitrogen and oxygen atoms in total. The predicted octanol–water partition coefficient (Wildman–Crippen LogP) is 3.68. The van der Waals surface area contributed by atoms with Crippen LogP contribution in [0, 0.1) is 0 Å². The second-order valence-electron chi connectivity index (χ2n) is 5.81. The molecule has 0 saturated heterocycles. The predicted molar refractivity (Wildman–Crippen MR) is 97.0 cm³/mol. The van der Waals surface area contributed by atoms with Crippen LogP contribution in [0.15, 0.2) is 83.1 Å². The van der Waals surface area contributed by atoms with E-state index in [9.17, 15) is 4.79 Å². The highest BCUT2D eigenvalue weighted by Crippen LogP contribution is 2.32. The molecule has 0 spiro atoms. The zero-order chi connectivity index (χ0) is 17.2. The van der Waals surface area contributed by atoms with E-state index >= 15 is 0 Å². The molecule has 0 aliphatic carbocycles. The van der Waals surface area contributed by atoms with Gasteiger partial charge in [-0.3, -0.25) is 9.79 Å². The average molecular weight is 331 g/mol. The molecule has 0 radical (unpaired) electrons. The molecule has 2 aliphatic heterocycles. The lowest BCUT2D eigenvalue weighted by Crippen LogP contribution is -2.35. The van der Waals surface area contributed by atoms with Crippen molar-refractivity contribution in [3.8, 4) is 5.75 Å². The van der Waals surface area contributed by atoms with Crippen LogP contribution in [0.5, 0.6) is 5.75 Å². The molecule has 25 heavy (non-hydrogen) atoms. The summed E-state index contributed by atoms with van der Waals surface area (Å²) in [5.74, 6) is 1.57. The molecular weight excluding hydrogens is 314 g/mol. The number of aliphatic imine (C=N–C) groups is 1. The summed E-state index contributed by atoms with van der Waals surface area (Å²) in [5, 5.41) is 3.34. The van der Waals surface area contributed by atoms with Crippen molar-refractivity contribution in [2.45, 2.75) is 13.3 Å². The SMILES string of the molecule is CC(=O)N1C(Oc2ccccc2)=CC=NC2=C1Nc1ccccc1C2. The Bertz CT molecular complexity index is 914. The Kier molecular flexibility index (Phi) is 3.82. The Balaban J connectivity index is 1.72. The van der Waals surface area contributed by atoms with Crippen LogP contribution in [0.1, 0.15) is 12.5 Å². The summed E-state index contributed by atoms with van der Waals surface area (Å²) in [6, 6.07) is 17.4. The summed E-state index contributed by atoms with van der Waals surface area (Å²) >= 11 is 0.